The molecule has 2 aromatic carbocycles. The molecule has 0 radical (unpaired) electrons. The molecule has 0 unspecified atom stereocenters. The predicted octanol–water partition coefficient (Wildman–Crippen LogP) is 5.17. The predicted molar refractivity (Wildman–Crippen MR) is 118 cm³/mol. The van der Waals surface area contributed by atoms with Crippen LogP contribution in [0.1, 0.15) is 27.5 Å². The minimum Gasteiger partial charge on any atom is -0.451 e. The molecule has 0 saturated carbocycles. The van der Waals surface area contributed by atoms with Gasteiger partial charge in [-0.15, -0.1) is 0 Å². The molecular weight excluding hydrogens is 420 g/mol. The van der Waals surface area contributed by atoms with E-state index in [1.807, 2.05) is 48.7 Å². The van der Waals surface area contributed by atoms with Crippen molar-refractivity contribution in [2.24, 2.45) is 5.10 Å². The third kappa shape index (κ3) is 3.93. The molecule has 2 aromatic heterocycles. The standard InChI is InChI=1S/C22H17ClN4O4/c1-13-9-16(14(2)26(13)19-6-4-3-5-18(19)23)12-24-25-22(28)21-11-15-10-17(27(29)30)7-8-20(15)31-21/h3-12H,1-2H3,(H,25,28)/b24-12+. The number of nitro groups is 1. The van der Waals surface area contributed by atoms with Crippen molar-refractivity contribution in [1.82, 2.24) is 9.99 Å². The fourth-order valence-electron chi connectivity index (χ4n) is 3.39. The van der Waals surface area contributed by atoms with E-state index in [9.17, 15) is 14.9 Å². The first-order valence-electron chi connectivity index (χ1n) is 9.30. The van der Waals surface area contributed by atoms with Gasteiger partial charge in [0, 0.05) is 34.5 Å². The van der Waals surface area contributed by atoms with Crippen LogP contribution < -0.4 is 5.43 Å². The normalized spacial score (nSPS) is 11.3. The molecule has 0 spiro atoms. The number of nitrogens with zero attached hydrogens (tertiary/aromatic N) is 3. The van der Waals surface area contributed by atoms with Gasteiger partial charge in [0.05, 0.1) is 21.8 Å². The Morgan fingerprint density at radius 2 is 1.97 bits per heavy atom. The van der Waals surface area contributed by atoms with Crippen LogP contribution in [-0.2, 0) is 0 Å². The molecule has 2 heterocycles. The van der Waals surface area contributed by atoms with Gasteiger partial charge in [-0.1, -0.05) is 23.7 Å². The largest absolute Gasteiger partial charge is 0.451 e. The summed E-state index contributed by atoms with van der Waals surface area (Å²) >= 11 is 6.33. The summed E-state index contributed by atoms with van der Waals surface area (Å²) in [6.07, 6.45) is 1.54. The minimum atomic E-state index is -0.560. The van der Waals surface area contributed by atoms with Gasteiger partial charge in [-0.3, -0.25) is 14.9 Å². The summed E-state index contributed by atoms with van der Waals surface area (Å²) < 4.78 is 7.47. The number of hydrogen-bond donors (Lipinski definition) is 1. The Bertz CT molecular complexity index is 1350. The van der Waals surface area contributed by atoms with E-state index in [4.69, 9.17) is 16.0 Å². The lowest BCUT2D eigenvalue weighted by atomic mass is 10.2. The molecule has 1 amide bonds. The Kier molecular flexibility index (Phi) is 5.31. The maximum atomic E-state index is 12.4. The lowest BCUT2D eigenvalue weighted by molar-refractivity contribution is -0.384. The summed E-state index contributed by atoms with van der Waals surface area (Å²) in [5.74, 6) is -0.552. The fraction of sp³-hybridized carbons (Fsp3) is 0.0909. The number of carbonyl (C=O) groups is 1. The van der Waals surface area contributed by atoms with Crippen molar-refractivity contribution in [1.29, 1.82) is 0 Å². The number of nitro benzene ring substituents is 1. The van der Waals surface area contributed by atoms with Gasteiger partial charge in [-0.2, -0.15) is 5.10 Å². The Balaban J connectivity index is 1.53. The molecule has 0 bridgehead atoms. The average molecular weight is 437 g/mol. The van der Waals surface area contributed by atoms with Gasteiger partial charge in [-0.25, -0.2) is 5.43 Å². The number of benzene rings is 2. The first kappa shape index (κ1) is 20.4. The van der Waals surface area contributed by atoms with Crippen molar-refractivity contribution in [3.05, 3.63) is 92.4 Å². The average Bonchev–Trinajstić information content (AvgIpc) is 3.29. The lowest BCUT2D eigenvalue weighted by Gasteiger charge is -2.11. The maximum absolute atomic E-state index is 12.4. The topological polar surface area (TPSA) is 103 Å². The second kappa shape index (κ2) is 8.08. The van der Waals surface area contributed by atoms with Crippen molar-refractivity contribution in [3.63, 3.8) is 0 Å². The van der Waals surface area contributed by atoms with Gasteiger partial charge in [0.15, 0.2) is 5.76 Å². The van der Waals surface area contributed by atoms with Crippen LogP contribution in [0.2, 0.25) is 5.02 Å². The van der Waals surface area contributed by atoms with Gasteiger partial charge >= 0.3 is 5.91 Å². The zero-order chi connectivity index (χ0) is 22.1. The van der Waals surface area contributed by atoms with Crippen molar-refractivity contribution in [3.8, 4) is 5.69 Å². The van der Waals surface area contributed by atoms with Crippen LogP contribution >= 0.6 is 11.6 Å². The SMILES string of the molecule is Cc1cc(/C=N/NC(=O)c2cc3cc([N+](=O)[O-])ccc3o2)c(C)n1-c1ccccc1Cl. The molecule has 4 rings (SSSR count). The number of fused-ring (bicyclic) bond motifs is 1. The molecular formula is C22H17ClN4O4. The summed E-state index contributed by atoms with van der Waals surface area (Å²) in [4.78, 5) is 22.8. The molecule has 1 N–H and O–H groups in total. The van der Waals surface area contributed by atoms with E-state index in [1.165, 1.54) is 24.3 Å². The molecule has 31 heavy (non-hydrogen) atoms. The Morgan fingerprint density at radius 1 is 1.19 bits per heavy atom. The summed E-state index contributed by atoms with van der Waals surface area (Å²) in [6, 6.07) is 15.0. The van der Waals surface area contributed by atoms with E-state index >= 15 is 0 Å². The molecule has 4 aromatic rings. The lowest BCUT2D eigenvalue weighted by Crippen LogP contribution is -2.16. The van der Waals surface area contributed by atoms with Crippen LogP contribution in [0.5, 0.6) is 0 Å². The van der Waals surface area contributed by atoms with Crippen LogP contribution in [0.4, 0.5) is 5.69 Å². The van der Waals surface area contributed by atoms with Crippen LogP contribution in [0, 0.1) is 24.0 Å². The molecule has 0 aliphatic carbocycles. The van der Waals surface area contributed by atoms with Crippen LogP contribution in [-0.4, -0.2) is 21.6 Å². The summed E-state index contributed by atoms with van der Waals surface area (Å²) in [5, 5.41) is 16.0. The molecule has 0 aliphatic heterocycles. The van der Waals surface area contributed by atoms with Gasteiger partial charge in [-0.05, 0) is 44.2 Å². The molecule has 0 atom stereocenters. The number of para-hydroxylation sites is 1. The van der Waals surface area contributed by atoms with E-state index in [0.717, 1.165) is 22.6 Å². The quantitative estimate of drug-likeness (QED) is 0.265. The number of rotatable bonds is 5. The number of halogens is 1. The third-order valence-corrected chi connectivity index (χ3v) is 5.19. The molecule has 156 valence electrons. The van der Waals surface area contributed by atoms with Crippen molar-refractivity contribution >= 4 is 40.4 Å². The van der Waals surface area contributed by atoms with Crippen LogP contribution in [0.25, 0.3) is 16.7 Å². The van der Waals surface area contributed by atoms with E-state index < -0.39 is 10.8 Å². The zero-order valence-electron chi connectivity index (χ0n) is 16.6. The Hall–Kier alpha value is -3.91. The van der Waals surface area contributed by atoms with E-state index in [2.05, 4.69) is 10.5 Å². The van der Waals surface area contributed by atoms with E-state index in [-0.39, 0.29) is 11.4 Å². The van der Waals surface area contributed by atoms with Gasteiger partial charge in [0.1, 0.15) is 5.58 Å². The number of hydrazone groups is 1. The number of hydrogen-bond acceptors (Lipinski definition) is 5. The number of furan rings is 1. The first-order valence-corrected chi connectivity index (χ1v) is 9.68. The number of nitrogens with one attached hydrogen (secondary N) is 1. The number of aryl methyl sites for hydroxylation is 1. The zero-order valence-corrected chi connectivity index (χ0v) is 17.4. The second-order valence-electron chi connectivity index (χ2n) is 6.90. The van der Waals surface area contributed by atoms with Crippen LogP contribution in [0.15, 0.2) is 64.1 Å². The first-order chi connectivity index (χ1) is 14.8. The van der Waals surface area contributed by atoms with Crippen molar-refractivity contribution in [2.45, 2.75) is 13.8 Å². The van der Waals surface area contributed by atoms with Gasteiger partial charge in [0.25, 0.3) is 5.69 Å². The summed E-state index contributed by atoms with van der Waals surface area (Å²) in [5.41, 5.74) is 6.29. The minimum absolute atomic E-state index is 0.00851. The van der Waals surface area contributed by atoms with Crippen molar-refractivity contribution in [2.75, 3.05) is 0 Å². The monoisotopic (exact) mass is 436 g/mol. The third-order valence-electron chi connectivity index (χ3n) is 4.87. The van der Waals surface area contributed by atoms with Crippen molar-refractivity contribution < 1.29 is 14.1 Å². The maximum Gasteiger partial charge on any atom is 0.307 e. The highest BCUT2D eigenvalue weighted by Crippen LogP contribution is 2.26. The van der Waals surface area contributed by atoms with Crippen LogP contribution in [0.3, 0.4) is 0 Å². The fourth-order valence-corrected chi connectivity index (χ4v) is 3.61. The highest BCUT2D eigenvalue weighted by Gasteiger charge is 2.15. The smallest absolute Gasteiger partial charge is 0.307 e. The molecule has 0 fully saturated rings. The number of carbonyl (C=O) groups excluding carboxylic acids is 1. The molecule has 8 nitrogen and oxygen atoms in total. The number of non-ortho nitro benzene ring substituents is 1. The molecule has 0 saturated heterocycles. The van der Waals surface area contributed by atoms with E-state index in [1.54, 1.807) is 6.21 Å². The summed E-state index contributed by atoms with van der Waals surface area (Å²) in [6.45, 7) is 3.89. The molecule has 9 heteroatoms. The van der Waals surface area contributed by atoms with Gasteiger partial charge < -0.3 is 8.98 Å². The molecule has 0 aliphatic rings. The highest BCUT2D eigenvalue weighted by atomic mass is 35.5. The Morgan fingerprint density at radius 3 is 2.71 bits per heavy atom. The summed E-state index contributed by atoms with van der Waals surface area (Å²) in [7, 11) is 0. The van der Waals surface area contributed by atoms with Gasteiger partial charge in [0.2, 0.25) is 0 Å². The highest BCUT2D eigenvalue weighted by molar-refractivity contribution is 6.32. The Labute approximate surface area is 181 Å². The second-order valence-corrected chi connectivity index (χ2v) is 7.31. The van der Waals surface area contributed by atoms with E-state index in [0.29, 0.717) is 16.0 Å². The number of aromatic nitrogens is 1. The number of amides is 1.